The van der Waals surface area contributed by atoms with E-state index in [1.54, 1.807) is 0 Å². The van der Waals surface area contributed by atoms with Gasteiger partial charge in [0.25, 0.3) is 0 Å². The first kappa shape index (κ1) is 11.9. The molecule has 0 aliphatic carbocycles. The molecule has 6 heteroatoms. The maximum atomic E-state index is 11.5. The van der Waals surface area contributed by atoms with Crippen LogP contribution in [0.2, 0.25) is 0 Å². The van der Waals surface area contributed by atoms with E-state index in [4.69, 9.17) is 5.11 Å². The molecule has 1 atom stereocenters. The summed E-state index contributed by atoms with van der Waals surface area (Å²) in [6, 6.07) is 3.68. The van der Waals surface area contributed by atoms with Crippen molar-refractivity contribution in [3.63, 3.8) is 0 Å². The van der Waals surface area contributed by atoms with Crippen molar-refractivity contribution in [3.05, 3.63) is 22.4 Å². The molecule has 0 bridgehead atoms. The zero-order chi connectivity index (χ0) is 12.5. The number of carboxylic acids is 1. The van der Waals surface area contributed by atoms with Gasteiger partial charge >= 0.3 is 12.1 Å². The average molecular weight is 255 g/mol. The van der Waals surface area contributed by atoms with Gasteiger partial charge in [0, 0.05) is 17.8 Å². The summed E-state index contributed by atoms with van der Waals surface area (Å²) in [5, 5.41) is 20.3. The third-order valence-electron chi connectivity index (χ3n) is 3.16. The Morgan fingerprint density at radius 1 is 1.47 bits per heavy atom. The number of amides is 1. The highest BCUT2D eigenvalue weighted by Gasteiger charge is 2.50. The standard InChI is InChI=1S/C11H13NO4S/c13-9(14)11(7-8-3-1-6-17-8)4-2-5-12(11)10(15)16/h1,3,6H,2,4-5,7H2,(H,13,14)(H,15,16). The predicted octanol–water partition coefficient (Wildman–Crippen LogP) is 1.89. The molecule has 2 rings (SSSR count). The molecule has 1 aromatic rings. The summed E-state index contributed by atoms with van der Waals surface area (Å²) < 4.78 is 0. The van der Waals surface area contributed by atoms with Crippen LogP contribution in [0.5, 0.6) is 0 Å². The molecule has 1 unspecified atom stereocenters. The highest BCUT2D eigenvalue weighted by Crippen LogP contribution is 2.34. The Bertz CT molecular complexity index is 431. The first-order valence-corrected chi connectivity index (χ1v) is 6.20. The molecule has 1 aliphatic rings. The number of hydrogen-bond donors (Lipinski definition) is 2. The van der Waals surface area contributed by atoms with Gasteiger partial charge < -0.3 is 10.2 Å². The van der Waals surface area contributed by atoms with Crippen molar-refractivity contribution in [1.29, 1.82) is 0 Å². The van der Waals surface area contributed by atoms with Gasteiger partial charge in [-0.05, 0) is 24.3 Å². The van der Waals surface area contributed by atoms with Gasteiger partial charge in [-0.25, -0.2) is 9.59 Å². The fourth-order valence-corrected chi connectivity index (χ4v) is 3.15. The Morgan fingerprint density at radius 3 is 2.76 bits per heavy atom. The summed E-state index contributed by atoms with van der Waals surface area (Å²) in [4.78, 5) is 24.5. The normalized spacial score (nSPS) is 23.9. The highest BCUT2D eigenvalue weighted by atomic mass is 32.1. The van der Waals surface area contributed by atoms with E-state index in [-0.39, 0.29) is 6.42 Å². The second-order valence-electron chi connectivity index (χ2n) is 4.13. The lowest BCUT2D eigenvalue weighted by atomic mass is 9.91. The molecule has 2 N–H and O–H groups in total. The number of hydrogen-bond acceptors (Lipinski definition) is 3. The second-order valence-corrected chi connectivity index (χ2v) is 5.16. The highest BCUT2D eigenvalue weighted by molar-refractivity contribution is 7.09. The van der Waals surface area contributed by atoms with Gasteiger partial charge in [-0.1, -0.05) is 6.07 Å². The van der Waals surface area contributed by atoms with Gasteiger partial charge in [-0.2, -0.15) is 0 Å². The van der Waals surface area contributed by atoms with Gasteiger partial charge in [0.1, 0.15) is 5.54 Å². The number of nitrogens with zero attached hydrogens (tertiary/aromatic N) is 1. The fourth-order valence-electron chi connectivity index (χ4n) is 2.34. The van der Waals surface area contributed by atoms with Crippen molar-refractivity contribution in [3.8, 4) is 0 Å². The third kappa shape index (κ3) is 2.00. The molecule has 0 spiro atoms. The molecule has 1 saturated heterocycles. The Labute approximate surface area is 102 Å². The molecule has 0 radical (unpaired) electrons. The quantitative estimate of drug-likeness (QED) is 0.864. The molecule has 17 heavy (non-hydrogen) atoms. The van der Waals surface area contributed by atoms with Crippen molar-refractivity contribution in [2.75, 3.05) is 6.54 Å². The van der Waals surface area contributed by atoms with Crippen molar-refractivity contribution in [2.45, 2.75) is 24.8 Å². The Hall–Kier alpha value is -1.56. The van der Waals surface area contributed by atoms with Crippen LogP contribution in [0.1, 0.15) is 17.7 Å². The van der Waals surface area contributed by atoms with Gasteiger partial charge in [-0.15, -0.1) is 11.3 Å². The van der Waals surface area contributed by atoms with E-state index >= 15 is 0 Å². The first-order valence-electron chi connectivity index (χ1n) is 5.32. The largest absolute Gasteiger partial charge is 0.479 e. The number of rotatable bonds is 3. The summed E-state index contributed by atoms with van der Waals surface area (Å²) in [6.07, 6.45) is 0.0875. The zero-order valence-electron chi connectivity index (χ0n) is 9.13. The lowest BCUT2D eigenvalue weighted by Crippen LogP contribution is -2.54. The molecule has 0 saturated carbocycles. The first-order chi connectivity index (χ1) is 8.06. The van der Waals surface area contributed by atoms with Crippen LogP contribution in [0.4, 0.5) is 4.79 Å². The van der Waals surface area contributed by atoms with Gasteiger partial charge in [0.15, 0.2) is 0 Å². The topological polar surface area (TPSA) is 77.8 Å². The summed E-state index contributed by atoms with van der Waals surface area (Å²) in [5.41, 5.74) is -1.28. The van der Waals surface area contributed by atoms with Crippen LogP contribution in [0.25, 0.3) is 0 Å². The van der Waals surface area contributed by atoms with Crippen LogP contribution >= 0.6 is 11.3 Å². The zero-order valence-corrected chi connectivity index (χ0v) is 9.94. The van der Waals surface area contributed by atoms with Crippen molar-refractivity contribution < 1.29 is 19.8 Å². The number of likely N-dealkylation sites (tertiary alicyclic amines) is 1. The SMILES string of the molecule is O=C(O)N1CCCC1(Cc1cccs1)C(=O)O. The molecule has 0 aromatic carbocycles. The van der Waals surface area contributed by atoms with Gasteiger partial charge in [0.2, 0.25) is 0 Å². The smallest absolute Gasteiger partial charge is 0.408 e. The number of aliphatic carboxylic acids is 1. The van der Waals surface area contributed by atoms with Gasteiger partial charge in [0.05, 0.1) is 0 Å². The van der Waals surface area contributed by atoms with Crippen LogP contribution < -0.4 is 0 Å². The molecule has 5 nitrogen and oxygen atoms in total. The molecular weight excluding hydrogens is 242 g/mol. The van der Waals surface area contributed by atoms with Gasteiger partial charge in [-0.3, -0.25) is 4.90 Å². The van der Waals surface area contributed by atoms with E-state index in [2.05, 4.69) is 0 Å². The van der Waals surface area contributed by atoms with E-state index in [1.807, 2.05) is 17.5 Å². The fraction of sp³-hybridized carbons (Fsp3) is 0.455. The van der Waals surface area contributed by atoms with E-state index < -0.39 is 17.6 Å². The third-order valence-corrected chi connectivity index (χ3v) is 4.04. The van der Waals surface area contributed by atoms with E-state index in [0.29, 0.717) is 19.4 Å². The molecular formula is C11H13NO4S. The second kappa shape index (κ2) is 4.37. The van der Waals surface area contributed by atoms with Crippen molar-refractivity contribution in [1.82, 2.24) is 4.90 Å². The molecule has 1 aromatic heterocycles. The molecule has 2 heterocycles. The average Bonchev–Trinajstić information content (AvgIpc) is 2.87. The van der Waals surface area contributed by atoms with Crippen LogP contribution in [0.3, 0.4) is 0 Å². The van der Waals surface area contributed by atoms with E-state index in [0.717, 1.165) is 9.78 Å². The van der Waals surface area contributed by atoms with Crippen LogP contribution in [0, 0.1) is 0 Å². The predicted molar refractivity (Wildman–Crippen MR) is 62.4 cm³/mol. The monoisotopic (exact) mass is 255 g/mol. The molecule has 92 valence electrons. The Balaban J connectivity index is 2.32. The van der Waals surface area contributed by atoms with Crippen LogP contribution in [0.15, 0.2) is 17.5 Å². The number of carboxylic acid groups (broad SMARTS) is 2. The summed E-state index contributed by atoms with van der Waals surface area (Å²) >= 11 is 1.46. The minimum absolute atomic E-state index is 0.256. The summed E-state index contributed by atoms with van der Waals surface area (Å²) in [5.74, 6) is -1.05. The Kier molecular flexibility index (Phi) is 3.06. The summed E-state index contributed by atoms with van der Waals surface area (Å²) in [6.45, 7) is 0.299. The van der Waals surface area contributed by atoms with Crippen molar-refractivity contribution in [2.24, 2.45) is 0 Å². The number of carbonyl (C=O) groups is 2. The minimum atomic E-state index is -1.28. The van der Waals surface area contributed by atoms with Crippen molar-refractivity contribution >= 4 is 23.4 Å². The maximum absolute atomic E-state index is 11.5. The number of thiophene rings is 1. The van der Waals surface area contributed by atoms with Crippen LogP contribution in [-0.2, 0) is 11.2 Å². The lowest BCUT2D eigenvalue weighted by molar-refractivity contribution is -0.148. The lowest BCUT2D eigenvalue weighted by Gasteiger charge is -2.32. The van der Waals surface area contributed by atoms with Crippen LogP contribution in [-0.4, -0.2) is 39.3 Å². The van der Waals surface area contributed by atoms with E-state index in [9.17, 15) is 14.7 Å². The molecule has 1 amide bonds. The maximum Gasteiger partial charge on any atom is 0.408 e. The van der Waals surface area contributed by atoms with E-state index in [1.165, 1.54) is 11.3 Å². The molecule has 1 fully saturated rings. The summed E-state index contributed by atoms with van der Waals surface area (Å²) in [7, 11) is 0. The minimum Gasteiger partial charge on any atom is -0.479 e. The molecule has 1 aliphatic heterocycles. The Morgan fingerprint density at radius 2 is 2.24 bits per heavy atom.